The number of carbonyl (C=O) groups excluding carboxylic acids is 1. The van der Waals surface area contributed by atoms with Crippen LogP contribution in [-0.2, 0) is 4.79 Å². The number of carbonyl (C=O) groups is 1. The van der Waals surface area contributed by atoms with Crippen LogP contribution in [0.4, 0.5) is 0 Å². The van der Waals surface area contributed by atoms with Gasteiger partial charge in [0.1, 0.15) is 0 Å². The molecular weight excluding hydrogens is 167 g/mol. The average Bonchev–Trinajstić information content (AvgIpc) is 2.03. The van der Waals surface area contributed by atoms with Crippen molar-refractivity contribution in [3.63, 3.8) is 0 Å². The van der Waals surface area contributed by atoms with Gasteiger partial charge in [-0.25, -0.2) is 0 Å². The summed E-state index contributed by atoms with van der Waals surface area (Å²) in [7, 11) is 0. The Kier molecular flexibility index (Phi) is 7.08. The van der Waals surface area contributed by atoms with E-state index in [0.717, 1.165) is 26.2 Å². The van der Waals surface area contributed by atoms with Crippen LogP contribution < -0.4 is 40.0 Å². The molecule has 0 aliphatic carbocycles. The normalized spacial score (nSPS) is 18.3. The van der Waals surface area contributed by atoms with Gasteiger partial charge in [0, 0.05) is 38.7 Å². The smallest absolute Gasteiger partial charge is 0.550 e. The molecule has 1 fully saturated rings. The molecule has 0 aromatic heterocycles. The fourth-order valence-electron chi connectivity index (χ4n) is 1.18. The van der Waals surface area contributed by atoms with Crippen LogP contribution in [0.25, 0.3) is 0 Å². The van der Waals surface area contributed by atoms with Crippen LogP contribution >= 0.6 is 0 Å². The summed E-state index contributed by atoms with van der Waals surface area (Å²) in [5.74, 6) is -0.955. The average molecular weight is 180 g/mol. The summed E-state index contributed by atoms with van der Waals surface area (Å²) in [5.41, 5.74) is 0. The largest absolute Gasteiger partial charge is 1.00 e. The molecule has 1 N–H and O–H groups in total. The van der Waals surface area contributed by atoms with E-state index >= 15 is 0 Å². The molecule has 0 bridgehead atoms. The van der Waals surface area contributed by atoms with E-state index in [9.17, 15) is 9.90 Å². The van der Waals surface area contributed by atoms with Gasteiger partial charge in [-0.1, -0.05) is 0 Å². The maximum atomic E-state index is 10.1. The third kappa shape index (κ3) is 5.11. The van der Waals surface area contributed by atoms with Gasteiger partial charge >= 0.3 is 29.6 Å². The van der Waals surface area contributed by atoms with Crippen molar-refractivity contribution in [2.75, 3.05) is 32.7 Å². The molecular formula is C7H13N2NaO2. The monoisotopic (exact) mass is 180 g/mol. The first kappa shape index (κ1) is 12.4. The van der Waals surface area contributed by atoms with Crippen LogP contribution in [-0.4, -0.2) is 43.6 Å². The molecule has 0 unspecified atom stereocenters. The number of hydrogen-bond donors (Lipinski definition) is 1. The van der Waals surface area contributed by atoms with E-state index in [1.54, 1.807) is 0 Å². The second kappa shape index (κ2) is 6.86. The van der Waals surface area contributed by atoms with Crippen molar-refractivity contribution < 1.29 is 39.5 Å². The van der Waals surface area contributed by atoms with Crippen LogP contribution in [0.2, 0.25) is 0 Å². The number of carboxylic acids is 1. The minimum atomic E-state index is -0.955. The maximum absolute atomic E-state index is 10.1. The van der Waals surface area contributed by atoms with Crippen LogP contribution in [0.3, 0.4) is 0 Å². The molecule has 1 aliphatic heterocycles. The molecule has 1 aliphatic rings. The van der Waals surface area contributed by atoms with E-state index < -0.39 is 5.97 Å². The van der Waals surface area contributed by atoms with E-state index in [-0.39, 0.29) is 36.0 Å². The third-order valence-corrected chi connectivity index (χ3v) is 1.84. The molecule has 12 heavy (non-hydrogen) atoms. The third-order valence-electron chi connectivity index (χ3n) is 1.84. The fourth-order valence-corrected chi connectivity index (χ4v) is 1.18. The van der Waals surface area contributed by atoms with E-state index in [0.29, 0.717) is 6.54 Å². The molecule has 1 heterocycles. The summed E-state index contributed by atoms with van der Waals surface area (Å²) in [6.07, 6.45) is 0.153. The van der Waals surface area contributed by atoms with E-state index in [1.807, 2.05) is 0 Å². The Morgan fingerprint density at radius 1 is 1.42 bits per heavy atom. The molecule has 0 spiro atoms. The van der Waals surface area contributed by atoms with Crippen molar-refractivity contribution in [2.45, 2.75) is 6.42 Å². The zero-order valence-electron chi connectivity index (χ0n) is 7.51. The Labute approximate surface area is 94.6 Å². The van der Waals surface area contributed by atoms with Crippen LogP contribution in [0.1, 0.15) is 6.42 Å². The minimum absolute atomic E-state index is 0. The quantitative estimate of drug-likeness (QED) is 0.442. The number of rotatable bonds is 3. The van der Waals surface area contributed by atoms with Gasteiger partial charge in [0.05, 0.1) is 0 Å². The van der Waals surface area contributed by atoms with Gasteiger partial charge in [0.2, 0.25) is 0 Å². The number of piperazine rings is 1. The van der Waals surface area contributed by atoms with Gasteiger partial charge in [-0.15, -0.1) is 0 Å². The summed E-state index contributed by atoms with van der Waals surface area (Å²) < 4.78 is 0. The second-order valence-corrected chi connectivity index (χ2v) is 2.71. The molecule has 1 rings (SSSR count). The van der Waals surface area contributed by atoms with Crippen LogP contribution in [0, 0.1) is 0 Å². The van der Waals surface area contributed by atoms with Crippen LogP contribution in [0.5, 0.6) is 0 Å². The molecule has 5 heteroatoms. The number of hydrogen-bond acceptors (Lipinski definition) is 4. The van der Waals surface area contributed by atoms with Crippen LogP contribution in [0.15, 0.2) is 0 Å². The predicted molar refractivity (Wildman–Crippen MR) is 38.9 cm³/mol. The Hall–Kier alpha value is 0.390. The van der Waals surface area contributed by atoms with Crippen molar-refractivity contribution in [2.24, 2.45) is 0 Å². The summed E-state index contributed by atoms with van der Waals surface area (Å²) >= 11 is 0. The fraction of sp³-hybridized carbons (Fsp3) is 0.857. The molecule has 0 saturated carbocycles. The zero-order chi connectivity index (χ0) is 8.10. The topological polar surface area (TPSA) is 55.4 Å². The standard InChI is InChI=1S/C7H14N2O2.Na/c10-7(11)1-4-9-5-2-8-3-6-9;/h8H,1-6H2,(H,10,11);/q;+1/p-1. The van der Waals surface area contributed by atoms with Gasteiger partial charge in [-0.2, -0.15) is 0 Å². The van der Waals surface area contributed by atoms with Gasteiger partial charge in [0.15, 0.2) is 0 Å². The first-order valence-corrected chi connectivity index (χ1v) is 3.92. The SMILES string of the molecule is O=C([O-])CCN1CCNCC1.[Na+]. The van der Waals surface area contributed by atoms with Gasteiger partial charge < -0.3 is 20.1 Å². The van der Waals surface area contributed by atoms with Crippen molar-refractivity contribution in [3.05, 3.63) is 0 Å². The molecule has 0 amide bonds. The van der Waals surface area contributed by atoms with Gasteiger partial charge in [0.25, 0.3) is 0 Å². The Balaban J connectivity index is 0.00000121. The number of nitrogens with zero attached hydrogens (tertiary/aromatic N) is 1. The van der Waals surface area contributed by atoms with Crippen molar-refractivity contribution >= 4 is 5.97 Å². The van der Waals surface area contributed by atoms with Crippen molar-refractivity contribution in [3.8, 4) is 0 Å². The summed E-state index contributed by atoms with van der Waals surface area (Å²) in [6, 6.07) is 0. The Morgan fingerprint density at radius 3 is 2.50 bits per heavy atom. The number of nitrogens with one attached hydrogen (secondary N) is 1. The molecule has 0 atom stereocenters. The summed E-state index contributed by atoms with van der Waals surface area (Å²) in [4.78, 5) is 12.2. The first-order chi connectivity index (χ1) is 5.29. The molecule has 0 radical (unpaired) electrons. The summed E-state index contributed by atoms with van der Waals surface area (Å²) in [6.45, 7) is 4.46. The first-order valence-electron chi connectivity index (χ1n) is 3.92. The Bertz CT molecular complexity index is 137. The molecule has 0 aromatic rings. The van der Waals surface area contributed by atoms with Crippen molar-refractivity contribution in [1.29, 1.82) is 0 Å². The number of aliphatic carboxylic acids is 1. The predicted octanol–water partition coefficient (Wildman–Crippen LogP) is -4.96. The molecule has 64 valence electrons. The van der Waals surface area contributed by atoms with E-state index in [1.165, 1.54) is 0 Å². The van der Waals surface area contributed by atoms with E-state index in [2.05, 4.69) is 10.2 Å². The summed E-state index contributed by atoms with van der Waals surface area (Å²) in [5, 5.41) is 13.3. The molecule has 4 nitrogen and oxygen atoms in total. The minimum Gasteiger partial charge on any atom is -0.550 e. The molecule has 1 saturated heterocycles. The van der Waals surface area contributed by atoms with E-state index in [4.69, 9.17) is 0 Å². The maximum Gasteiger partial charge on any atom is 1.00 e. The Morgan fingerprint density at radius 2 is 2.00 bits per heavy atom. The van der Waals surface area contributed by atoms with Gasteiger partial charge in [-0.05, 0) is 6.42 Å². The van der Waals surface area contributed by atoms with Gasteiger partial charge in [-0.3, -0.25) is 0 Å². The zero-order valence-corrected chi connectivity index (χ0v) is 9.51. The van der Waals surface area contributed by atoms with Crippen molar-refractivity contribution in [1.82, 2.24) is 10.2 Å². The number of carboxylic acid groups (broad SMARTS) is 1. The second-order valence-electron chi connectivity index (χ2n) is 2.71. The molecule has 0 aromatic carbocycles.